The van der Waals surface area contributed by atoms with Crippen molar-refractivity contribution in [3.63, 3.8) is 0 Å². The van der Waals surface area contributed by atoms with Crippen molar-refractivity contribution in [1.82, 2.24) is 10.3 Å². The number of anilines is 1. The van der Waals surface area contributed by atoms with Gasteiger partial charge in [0.1, 0.15) is 11.5 Å². The van der Waals surface area contributed by atoms with Crippen molar-refractivity contribution < 1.29 is 17.6 Å². The molecule has 3 N–H and O–H groups in total. The van der Waals surface area contributed by atoms with E-state index in [1.165, 1.54) is 12.1 Å². The molecule has 6 nitrogen and oxygen atoms in total. The lowest BCUT2D eigenvalue weighted by Gasteiger charge is -2.11. The molecule has 3 aromatic rings. The molecule has 0 unspecified atom stereocenters. The Bertz CT molecular complexity index is 1040. The predicted octanol–water partition coefficient (Wildman–Crippen LogP) is 2.61. The number of nitrogens with one attached hydrogen (secondary N) is 3. The number of halogens is 1. The van der Waals surface area contributed by atoms with Crippen molar-refractivity contribution in [3.05, 3.63) is 65.6 Å². The molecule has 0 aliphatic rings. The van der Waals surface area contributed by atoms with Crippen LogP contribution in [-0.2, 0) is 16.6 Å². The van der Waals surface area contributed by atoms with Crippen LogP contribution in [-0.4, -0.2) is 25.6 Å². The normalized spacial score (nSPS) is 11.4. The lowest BCUT2D eigenvalue weighted by molar-refractivity contribution is 0.0947. The van der Waals surface area contributed by atoms with Gasteiger partial charge in [-0.05, 0) is 35.9 Å². The molecule has 2 aromatic carbocycles. The Hall–Kier alpha value is -2.87. The first-order valence-electron chi connectivity index (χ1n) is 7.44. The summed E-state index contributed by atoms with van der Waals surface area (Å²) in [6.07, 6.45) is 1.06. The summed E-state index contributed by atoms with van der Waals surface area (Å²) in [4.78, 5) is 15.2. The third-order valence-corrected chi connectivity index (χ3v) is 4.17. The van der Waals surface area contributed by atoms with Gasteiger partial charge in [0.05, 0.1) is 11.9 Å². The highest BCUT2D eigenvalue weighted by atomic mass is 32.2. The standard InChI is InChI=1S/C17H16FN3O3S/c1-25(23,24)21-15-5-3-2-4-11(15)10-19-17(22)16-9-12-8-13(18)6-7-14(12)20-16/h2-9,20-21H,10H2,1H3,(H,19,22). The highest BCUT2D eigenvalue weighted by Crippen LogP contribution is 2.18. The first kappa shape index (κ1) is 17.0. The number of amides is 1. The molecule has 1 aromatic heterocycles. The topological polar surface area (TPSA) is 91.1 Å². The Morgan fingerprint density at radius 1 is 1.16 bits per heavy atom. The van der Waals surface area contributed by atoms with Crippen molar-refractivity contribution >= 4 is 32.5 Å². The number of carbonyl (C=O) groups is 1. The Morgan fingerprint density at radius 3 is 2.68 bits per heavy atom. The van der Waals surface area contributed by atoms with Crippen LogP contribution in [0, 0.1) is 5.82 Å². The predicted molar refractivity (Wildman–Crippen MR) is 94.3 cm³/mol. The Kier molecular flexibility index (Phi) is 4.45. The van der Waals surface area contributed by atoms with Crippen LogP contribution in [0.3, 0.4) is 0 Å². The molecule has 0 spiro atoms. The fourth-order valence-corrected chi connectivity index (χ4v) is 3.07. The summed E-state index contributed by atoms with van der Waals surface area (Å²) in [6.45, 7) is 0.140. The molecule has 0 aliphatic carbocycles. The number of sulfonamides is 1. The number of aromatic nitrogens is 1. The molecule has 0 fully saturated rings. The SMILES string of the molecule is CS(=O)(=O)Nc1ccccc1CNC(=O)c1cc2cc(F)ccc2[nH]1. The number of hydrogen-bond donors (Lipinski definition) is 3. The van der Waals surface area contributed by atoms with Crippen LogP contribution in [0.15, 0.2) is 48.5 Å². The van der Waals surface area contributed by atoms with Gasteiger partial charge in [0, 0.05) is 17.4 Å². The van der Waals surface area contributed by atoms with Crippen LogP contribution in [0.4, 0.5) is 10.1 Å². The fraction of sp³-hybridized carbons (Fsp3) is 0.118. The van der Waals surface area contributed by atoms with Gasteiger partial charge in [-0.15, -0.1) is 0 Å². The van der Waals surface area contributed by atoms with Crippen molar-refractivity contribution in [3.8, 4) is 0 Å². The molecule has 25 heavy (non-hydrogen) atoms. The van der Waals surface area contributed by atoms with E-state index >= 15 is 0 Å². The van der Waals surface area contributed by atoms with Crippen LogP contribution in [0.1, 0.15) is 16.1 Å². The molecule has 0 aliphatic heterocycles. The number of aromatic amines is 1. The molecule has 8 heteroatoms. The molecule has 0 bridgehead atoms. The van der Waals surface area contributed by atoms with Gasteiger partial charge in [-0.25, -0.2) is 12.8 Å². The van der Waals surface area contributed by atoms with E-state index in [0.717, 1.165) is 6.26 Å². The zero-order valence-corrected chi connectivity index (χ0v) is 14.2. The molecule has 0 atom stereocenters. The Morgan fingerprint density at radius 2 is 1.92 bits per heavy atom. The number of carbonyl (C=O) groups excluding carboxylic acids is 1. The summed E-state index contributed by atoms with van der Waals surface area (Å²) < 4.78 is 38.4. The van der Waals surface area contributed by atoms with Gasteiger partial charge in [0.2, 0.25) is 10.0 Å². The first-order chi connectivity index (χ1) is 11.8. The maximum atomic E-state index is 13.2. The minimum Gasteiger partial charge on any atom is -0.351 e. The van der Waals surface area contributed by atoms with E-state index < -0.39 is 10.0 Å². The van der Waals surface area contributed by atoms with E-state index in [4.69, 9.17) is 0 Å². The van der Waals surface area contributed by atoms with Crippen molar-refractivity contribution in [2.45, 2.75) is 6.54 Å². The number of fused-ring (bicyclic) bond motifs is 1. The van der Waals surface area contributed by atoms with Crippen LogP contribution in [0.5, 0.6) is 0 Å². The van der Waals surface area contributed by atoms with E-state index in [0.29, 0.717) is 27.8 Å². The highest BCUT2D eigenvalue weighted by Gasteiger charge is 2.12. The van der Waals surface area contributed by atoms with E-state index in [-0.39, 0.29) is 18.3 Å². The number of hydrogen-bond acceptors (Lipinski definition) is 3. The second-order valence-electron chi connectivity index (χ2n) is 5.63. The largest absolute Gasteiger partial charge is 0.351 e. The monoisotopic (exact) mass is 361 g/mol. The average molecular weight is 361 g/mol. The number of H-pyrrole nitrogens is 1. The molecule has 0 saturated heterocycles. The average Bonchev–Trinajstić information content (AvgIpc) is 2.95. The Balaban J connectivity index is 1.76. The molecule has 130 valence electrons. The van der Waals surface area contributed by atoms with Gasteiger partial charge in [-0.3, -0.25) is 9.52 Å². The second-order valence-corrected chi connectivity index (χ2v) is 7.38. The minimum absolute atomic E-state index is 0.140. The van der Waals surface area contributed by atoms with Gasteiger partial charge in [-0.1, -0.05) is 18.2 Å². The van der Waals surface area contributed by atoms with Crippen molar-refractivity contribution in [2.75, 3.05) is 11.0 Å². The van der Waals surface area contributed by atoms with Gasteiger partial charge >= 0.3 is 0 Å². The lowest BCUT2D eigenvalue weighted by atomic mass is 10.2. The summed E-state index contributed by atoms with van der Waals surface area (Å²) in [7, 11) is -3.42. The third kappa shape index (κ3) is 4.16. The fourth-order valence-electron chi connectivity index (χ4n) is 2.47. The van der Waals surface area contributed by atoms with Gasteiger partial charge in [0.25, 0.3) is 5.91 Å². The lowest BCUT2D eigenvalue weighted by Crippen LogP contribution is -2.24. The minimum atomic E-state index is -3.42. The molecule has 3 rings (SSSR count). The second kappa shape index (κ2) is 6.56. The molecule has 0 radical (unpaired) electrons. The molecule has 0 saturated carbocycles. The van der Waals surface area contributed by atoms with Crippen LogP contribution in [0.2, 0.25) is 0 Å². The van der Waals surface area contributed by atoms with Crippen LogP contribution < -0.4 is 10.0 Å². The number of benzene rings is 2. The quantitative estimate of drug-likeness (QED) is 0.652. The molecule has 1 heterocycles. The first-order valence-corrected chi connectivity index (χ1v) is 9.33. The van der Waals surface area contributed by atoms with E-state index in [2.05, 4.69) is 15.0 Å². The molecular weight excluding hydrogens is 345 g/mol. The summed E-state index contributed by atoms with van der Waals surface area (Å²) >= 11 is 0. The highest BCUT2D eigenvalue weighted by molar-refractivity contribution is 7.92. The maximum Gasteiger partial charge on any atom is 0.267 e. The summed E-state index contributed by atoms with van der Waals surface area (Å²) in [6, 6.07) is 12.6. The van der Waals surface area contributed by atoms with E-state index in [9.17, 15) is 17.6 Å². The van der Waals surface area contributed by atoms with Gasteiger partial charge in [-0.2, -0.15) is 0 Å². The van der Waals surface area contributed by atoms with E-state index in [1.807, 2.05) is 0 Å². The summed E-state index contributed by atoms with van der Waals surface area (Å²) in [5.41, 5.74) is 1.99. The van der Waals surface area contributed by atoms with Crippen molar-refractivity contribution in [2.24, 2.45) is 0 Å². The van der Waals surface area contributed by atoms with Crippen LogP contribution >= 0.6 is 0 Å². The number of rotatable bonds is 5. The molecule has 1 amide bonds. The number of para-hydroxylation sites is 1. The summed E-state index contributed by atoms with van der Waals surface area (Å²) in [5.74, 6) is -0.745. The maximum absolute atomic E-state index is 13.2. The van der Waals surface area contributed by atoms with Gasteiger partial charge in [0.15, 0.2) is 0 Å². The summed E-state index contributed by atoms with van der Waals surface area (Å²) in [5, 5.41) is 3.32. The van der Waals surface area contributed by atoms with Crippen LogP contribution in [0.25, 0.3) is 10.9 Å². The third-order valence-electron chi connectivity index (χ3n) is 3.58. The molecular formula is C17H16FN3O3S. The zero-order valence-electron chi connectivity index (χ0n) is 13.3. The smallest absolute Gasteiger partial charge is 0.267 e. The van der Waals surface area contributed by atoms with E-state index in [1.54, 1.807) is 36.4 Å². The Labute approximate surface area is 144 Å². The zero-order chi connectivity index (χ0) is 18.0. The van der Waals surface area contributed by atoms with Crippen molar-refractivity contribution in [1.29, 1.82) is 0 Å². The van der Waals surface area contributed by atoms with Gasteiger partial charge < -0.3 is 10.3 Å².